The van der Waals surface area contributed by atoms with Crippen LogP contribution in [0.3, 0.4) is 0 Å². The molecule has 0 saturated heterocycles. The molecule has 1 amide bonds. The number of aryl methyl sites for hydroxylation is 2. The normalized spacial score (nSPS) is 10.5. The van der Waals surface area contributed by atoms with Crippen molar-refractivity contribution in [3.8, 4) is 5.75 Å². The number of rotatable bonds is 4. The van der Waals surface area contributed by atoms with Gasteiger partial charge in [0.1, 0.15) is 11.4 Å². The number of hydrogen-bond acceptors (Lipinski definition) is 4. The second-order valence-electron chi connectivity index (χ2n) is 4.81. The molecule has 0 bridgehead atoms. The summed E-state index contributed by atoms with van der Waals surface area (Å²) in [6, 6.07) is 5.05. The van der Waals surface area contributed by atoms with E-state index in [9.17, 15) is 9.59 Å². The molecule has 0 atom stereocenters. The summed E-state index contributed by atoms with van der Waals surface area (Å²) < 4.78 is 6.81. The second kappa shape index (κ2) is 5.76. The molecular weight excluding hydrogens is 288 g/mol. The van der Waals surface area contributed by atoms with Crippen molar-refractivity contribution in [1.82, 2.24) is 9.88 Å². The summed E-state index contributed by atoms with van der Waals surface area (Å²) in [4.78, 5) is 22.6. The van der Waals surface area contributed by atoms with Crippen molar-refractivity contribution in [2.24, 2.45) is 12.8 Å². The number of ether oxygens (including phenoxy) is 1. The van der Waals surface area contributed by atoms with E-state index in [1.807, 2.05) is 6.92 Å². The van der Waals surface area contributed by atoms with Crippen molar-refractivity contribution >= 4 is 28.7 Å². The number of nitrogens with two attached hydrogens (primary N) is 1. The fourth-order valence-electron chi connectivity index (χ4n) is 2.21. The maximum atomic E-state index is 12.0. The first-order chi connectivity index (χ1) is 10.3. The average Bonchev–Trinajstić information content (AvgIpc) is 2.74. The first-order valence-electron chi connectivity index (χ1n) is 6.39. The second-order valence-corrected chi connectivity index (χ2v) is 4.81. The lowest BCUT2D eigenvalue weighted by Gasteiger charge is -2.07. The van der Waals surface area contributed by atoms with Crippen LogP contribution in [0, 0.1) is 12.3 Å². The molecular formula is C14H16N4O4. The van der Waals surface area contributed by atoms with E-state index in [0.29, 0.717) is 17.0 Å². The molecule has 0 fully saturated rings. The van der Waals surface area contributed by atoms with Gasteiger partial charge in [0.15, 0.2) is 12.6 Å². The monoisotopic (exact) mass is 304 g/mol. The summed E-state index contributed by atoms with van der Waals surface area (Å²) in [5, 5.41) is 18.8. The van der Waals surface area contributed by atoms with Gasteiger partial charge in [-0.3, -0.25) is 15.5 Å². The number of aromatic nitrogens is 1. The molecule has 8 nitrogen and oxygen atoms in total. The Morgan fingerprint density at radius 1 is 1.41 bits per heavy atom. The van der Waals surface area contributed by atoms with E-state index >= 15 is 0 Å². The van der Waals surface area contributed by atoms with Crippen LogP contribution in [-0.4, -0.2) is 34.1 Å². The van der Waals surface area contributed by atoms with Gasteiger partial charge >= 0.3 is 5.97 Å². The number of carboxylic acids is 1. The van der Waals surface area contributed by atoms with Crippen molar-refractivity contribution < 1.29 is 19.4 Å². The van der Waals surface area contributed by atoms with Crippen LogP contribution in [0.15, 0.2) is 18.2 Å². The molecule has 1 aromatic heterocycles. The highest BCUT2D eigenvalue weighted by atomic mass is 16.5. The van der Waals surface area contributed by atoms with E-state index in [4.69, 9.17) is 21.0 Å². The van der Waals surface area contributed by atoms with Crippen molar-refractivity contribution in [3.05, 3.63) is 29.5 Å². The Bertz CT molecular complexity index is 779. The van der Waals surface area contributed by atoms with Gasteiger partial charge in [-0.15, -0.1) is 0 Å². The van der Waals surface area contributed by atoms with Crippen LogP contribution in [0.4, 0.5) is 0 Å². The lowest BCUT2D eigenvalue weighted by molar-refractivity contribution is -0.139. The number of guanidine groups is 1. The van der Waals surface area contributed by atoms with Crippen LogP contribution >= 0.6 is 0 Å². The van der Waals surface area contributed by atoms with Crippen LogP contribution < -0.4 is 15.8 Å². The van der Waals surface area contributed by atoms with E-state index in [1.165, 1.54) is 0 Å². The largest absolute Gasteiger partial charge is 0.482 e. The highest BCUT2D eigenvalue weighted by Gasteiger charge is 2.16. The number of carboxylic acid groups (broad SMARTS) is 1. The summed E-state index contributed by atoms with van der Waals surface area (Å²) in [5.74, 6) is -1.57. The number of hydrogen-bond donors (Lipinski definition) is 4. The van der Waals surface area contributed by atoms with E-state index < -0.39 is 24.4 Å². The molecule has 0 aliphatic carbocycles. The SMILES string of the molecule is Cc1cc(OCC(=O)O)cc2c1cc(C(=O)NC(=N)N)n2C. The number of nitrogens with one attached hydrogen (secondary N) is 2. The molecule has 5 N–H and O–H groups in total. The van der Waals surface area contributed by atoms with Crippen LogP contribution in [-0.2, 0) is 11.8 Å². The molecule has 0 unspecified atom stereocenters. The van der Waals surface area contributed by atoms with Crippen LogP contribution in [0.25, 0.3) is 10.9 Å². The molecule has 116 valence electrons. The predicted octanol–water partition coefficient (Wildman–Crippen LogP) is 0.573. The molecule has 0 saturated carbocycles. The first-order valence-corrected chi connectivity index (χ1v) is 6.39. The van der Waals surface area contributed by atoms with Gasteiger partial charge < -0.3 is 20.1 Å². The summed E-state index contributed by atoms with van der Waals surface area (Å²) >= 11 is 0. The van der Waals surface area contributed by atoms with Crippen molar-refractivity contribution in [3.63, 3.8) is 0 Å². The summed E-state index contributed by atoms with van der Waals surface area (Å²) in [5.41, 5.74) is 7.06. The molecule has 2 rings (SSSR count). The van der Waals surface area contributed by atoms with Crippen LogP contribution in [0.2, 0.25) is 0 Å². The van der Waals surface area contributed by atoms with Crippen molar-refractivity contribution in [2.75, 3.05) is 6.61 Å². The Hall–Kier alpha value is -3.03. The highest BCUT2D eigenvalue weighted by Crippen LogP contribution is 2.27. The molecule has 8 heteroatoms. The molecule has 0 aliphatic heterocycles. The minimum atomic E-state index is -1.06. The minimum Gasteiger partial charge on any atom is -0.482 e. The topological polar surface area (TPSA) is 130 Å². The smallest absolute Gasteiger partial charge is 0.341 e. The average molecular weight is 304 g/mol. The Kier molecular flexibility index (Phi) is 4.02. The Morgan fingerprint density at radius 2 is 2.09 bits per heavy atom. The standard InChI is InChI=1S/C14H16N4O4/c1-7-3-8(22-6-12(19)20)4-10-9(7)5-11(18(10)2)13(21)17-14(15)16/h3-5H,6H2,1-2H3,(H,19,20)(H4,15,16,17,21). The fraction of sp³-hybridized carbons (Fsp3) is 0.214. The first kappa shape index (κ1) is 15.4. The molecule has 0 spiro atoms. The summed E-state index contributed by atoms with van der Waals surface area (Å²) in [6.45, 7) is 1.40. The zero-order valence-corrected chi connectivity index (χ0v) is 12.1. The zero-order valence-electron chi connectivity index (χ0n) is 12.1. The van der Waals surface area contributed by atoms with Crippen LogP contribution in [0.1, 0.15) is 16.1 Å². The molecule has 1 heterocycles. The third-order valence-corrected chi connectivity index (χ3v) is 3.19. The Morgan fingerprint density at radius 3 is 2.68 bits per heavy atom. The number of carbonyl (C=O) groups is 2. The number of benzene rings is 1. The third-order valence-electron chi connectivity index (χ3n) is 3.19. The van der Waals surface area contributed by atoms with Gasteiger partial charge in [0.2, 0.25) is 0 Å². The lowest BCUT2D eigenvalue weighted by Crippen LogP contribution is -2.36. The molecule has 22 heavy (non-hydrogen) atoms. The number of amides is 1. The Balaban J connectivity index is 2.45. The number of fused-ring (bicyclic) bond motifs is 1. The quantitative estimate of drug-likeness (QED) is 0.484. The fourth-order valence-corrected chi connectivity index (χ4v) is 2.21. The van der Waals surface area contributed by atoms with Gasteiger partial charge in [-0.1, -0.05) is 0 Å². The van der Waals surface area contributed by atoms with E-state index in [-0.39, 0.29) is 0 Å². The van der Waals surface area contributed by atoms with Gasteiger partial charge in [-0.25, -0.2) is 4.79 Å². The van der Waals surface area contributed by atoms with E-state index in [1.54, 1.807) is 29.8 Å². The number of aliphatic carboxylic acids is 1. The zero-order chi connectivity index (χ0) is 16.4. The Labute approximate surface area is 126 Å². The third kappa shape index (κ3) is 3.00. The van der Waals surface area contributed by atoms with Gasteiger partial charge in [0.05, 0.1) is 5.52 Å². The van der Waals surface area contributed by atoms with Gasteiger partial charge in [0.25, 0.3) is 5.91 Å². The number of nitrogens with zero attached hydrogens (tertiary/aromatic N) is 1. The summed E-state index contributed by atoms with van der Waals surface area (Å²) in [6.07, 6.45) is 0. The molecule has 0 radical (unpaired) electrons. The maximum absolute atomic E-state index is 12.0. The maximum Gasteiger partial charge on any atom is 0.341 e. The van der Waals surface area contributed by atoms with E-state index in [0.717, 1.165) is 10.9 Å². The minimum absolute atomic E-state index is 0.337. The molecule has 2 aromatic rings. The predicted molar refractivity (Wildman–Crippen MR) is 80.2 cm³/mol. The van der Waals surface area contributed by atoms with Gasteiger partial charge in [-0.05, 0) is 24.6 Å². The highest BCUT2D eigenvalue weighted by molar-refractivity contribution is 6.06. The van der Waals surface area contributed by atoms with Gasteiger partial charge in [0, 0.05) is 18.5 Å². The van der Waals surface area contributed by atoms with Gasteiger partial charge in [-0.2, -0.15) is 0 Å². The van der Waals surface area contributed by atoms with Crippen LogP contribution in [0.5, 0.6) is 5.75 Å². The number of carbonyl (C=O) groups excluding carboxylic acids is 1. The van der Waals surface area contributed by atoms with Crippen molar-refractivity contribution in [2.45, 2.75) is 6.92 Å². The molecule has 0 aliphatic rings. The summed E-state index contributed by atoms with van der Waals surface area (Å²) in [7, 11) is 1.69. The van der Waals surface area contributed by atoms with E-state index in [2.05, 4.69) is 5.32 Å². The molecule has 1 aromatic carbocycles. The van der Waals surface area contributed by atoms with Crippen molar-refractivity contribution in [1.29, 1.82) is 5.41 Å². The lowest BCUT2D eigenvalue weighted by atomic mass is 10.1.